The van der Waals surface area contributed by atoms with E-state index in [2.05, 4.69) is 49.7 Å². The molecule has 0 radical (unpaired) electrons. The van der Waals surface area contributed by atoms with Gasteiger partial charge >= 0.3 is 6.03 Å². The molecule has 6 heteroatoms. The standard InChI is InChI=1S/C22H40N4O2/c1-17(2)8-11-24-12-14-25(15-13-24)16-26-19(27)22(23-20(26)28)9-6-18(7-10-22)21(3,4)5/h17-18H,6-16H2,1-5H3,(H,23,28). The van der Waals surface area contributed by atoms with Gasteiger partial charge in [0, 0.05) is 26.2 Å². The number of nitrogens with zero attached hydrogens (tertiary/aromatic N) is 3. The monoisotopic (exact) mass is 392 g/mol. The van der Waals surface area contributed by atoms with E-state index in [1.54, 1.807) is 0 Å². The van der Waals surface area contributed by atoms with E-state index < -0.39 is 5.54 Å². The Bertz CT molecular complexity index is 568. The average molecular weight is 393 g/mol. The first-order valence-electron chi connectivity index (χ1n) is 11.2. The highest BCUT2D eigenvalue weighted by Gasteiger charge is 2.53. The van der Waals surface area contributed by atoms with Crippen molar-refractivity contribution in [2.24, 2.45) is 17.3 Å². The zero-order valence-corrected chi connectivity index (χ0v) is 18.6. The van der Waals surface area contributed by atoms with E-state index in [1.807, 2.05) is 0 Å². The summed E-state index contributed by atoms with van der Waals surface area (Å²) in [5.41, 5.74) is -0.375. The minimum atomic E-state index is -0.641. The van der Waals surface area contributed by atoms with Gasteiger partial charge in [-0.15, -0.1) is 0 Å². The molecule has 0 atom stereocenters. The van der Waals surface area contributed by atoms with E-state index in [1.165, 1.54) is 11.3 Å². The maximum absolute atomic E-state index is 13.2. The molecule has 2 saturated heterocycles. The van der Waals surface area contributed by atoms with Crippen molar-refractivity contribution < 1.29 is 9.59 Å². The topological polar surface area (TPSA) is 55.9 Å². The lowest BCUT2D eigenvalue weighted by atomic mass is 9.67. The van der Waals surface area contributed by atoms with Crippen LogP contribution in [0.1, 0.15) is 66.7 Å². The molecular weight excluding hydrogens is 352 g/mol. The first-order valence-corrected chi connectivity index (χ1v) is 11.2. The molecule has 3 rings (SSSR count). The van der Waals surface area contributed by atoms with Gasteiger partial charge in [0.1, 0.15) is 5.54 Å². The predicted molar refractivity (Wildman–Crippen MR) is 112 cm³/mol. The van der Waals surface area contributed by atoms with Crippen molar-refractivity contribution in [3.63, 3.8) is 0 Å². The normalized spacial score (nSPS) is 30.5. The summed E-state index contributed by atoms with van der Waals surface area (Å²) in [7, 11) is 0. The van der Waals surface area contributed by atoms with Crippen LogP contribution in [0.3, 0.4) is 0 Å². The van der Waals surface area contributed by atoms with Crippen LogP contribution in [-0.4, -0.2) is 71.6 Å². The third-order valence-electron chi connectivity index (χ3n) is 7.14. The number of amides is 3. The van der Waals surface area contributed by atoms with Crippen LogP contribution in [0.15, 0.2) is 0 Å². The Labute approximate surface area is 171 Å². The highest BCUT2D eigenvalue weighted by molar-refractivity contribution is 6.07. The summed E-state index contributed by atoms with van der Waals surface area (Å²) < 4.78 is 0. The fourth-order valence-corrected chi connectivity index (χ4v) is 4.92. The Balaban J connectivity index is 1.51. The lowest BCUT2D eigenvalue weighted by Gasteiger charge is -2.41. The number of urea groups is 1. The maximum Gasteiger partial charge on any atom is 0.326 e. The zero-order valence-electron chi connectivity index (χ0n) is 18.6. The van der Waals surface area contributed by atoms with Crippen molar-refractivity contribution in [1.82, 2.24) is 20.0 Å². The van der Waals surface area contributed by atoms with Crippen LogP contribution in [0, 0.1) is 17.3 Å². The summed E-state index contributed by atoms with van der Waals surface area (Å²) >= 11 is 0. The quantitative estimate of drug-likeness (QED) is 0.731. The van der Waals surface area contributed by atoms with E-state index >= 15 is 0 Å². The lowest BCUT2D eigenvalue weighted by Crippen LogP contribution is -2.53. The highest BCUT2D eigenvalue weighted by Crippen LogP contribution is 2.43. The van der Waals surface area contributed by atoms with Crippen LogP contribution in [0.25, 0.3) is 0 Å². The lowest BCUT2D eigenvalue weighted by molar-refractivity contribution is -0.134. The minimum absolute atomic E-state index is 0.00657. The smallest absolute Gasteiger partial charge is 0.323 e. The molecule has 2 heterocycles. The molecule has 6 nitrogen and oxygen atoms in total. The molecule has 1 N–H and O–H groups in total. The largest absolute Gasteiger partial charge is 0.326 e. The molecule has 0 aromatic carbocycles. The summed E-state index contributed by atoms with van der Waals surface area (Å²) in [5, 5.41) is 3.07. The molecule has 0 unspecified atom stereocenters. The van der Waals surface area contributed by atoms with Gasteiger partial charge in [0.05, 0.1) is 6.67 Å². The molecule has 28 heavy (non-hydrogen) atoms. The summed E-state index contributed by atoms with van der Waals surface area (Å²) in [4.78, 5) is 32.0. The molecule has 3 aliphatic rings. The molecule has 1 saturated carbocycles. The number of imide groups is 1. The third kappa shape index (κ3) is 4.70. The fraction of sp³-hybridized carbons (Fsp3) is 0.909. The van der Waals surface area contributed by atoms with Crippen molar-refractivity contribution in [1.29, 1.82) is 0 Å². The van der Waals surface area contributed by atoms with Crippen LogP contribution in [0.4, 0.5) is 4.79 Å². The molecule has 1 spiro atoms. The second-order valence-electron chi connectivity index (χ2n) is 10.7. The van der Waals surface area contributed by atoms with Crippen molar-refractivity contribution in [2.45, 2.75) is 72.3 Å². The van der Waals surface area contributed by atoms with E-state index in [0.717, 1.165) is 64.3 Å². The SMILES string of the molecule is CC(C)CCN1CCN(CN2C(=O)NC3(CCC(C(C)(C)C)CC3)C2=O)CC1. The van der Waals surface area contributed by atoms with Crippen LogP contribution in [0.2, 0.25) is 0 Å². The number of hydrogen-bond donors (Lipinski definition) is 1. The van der Waals surface area contributed by atoms with Gasteiger partial charge < -0.3 is 10.2 Å². The number of carbonyl (C=O) groups excluding carboxylic acids is 2. The molecule has 1 aliphatic carbocycles. The van der Waals surface area contributed by atoms with E-state index in [4.69, 9.17) is 0 Å². The van der Waals surface area contributed by atoms with Gasteiger partial charge in [0.15, 0.2) is 0 Å². The third-order valence-corrected chi connectivity index (χ3v) is 7.14. The van der Waals surface area contributed by atoms with E-state index in [9.17, 15) is 9.59 Å². The molecule has 0 aromatic heterocycles. The van der Waals surface area contributed by atoms with E-state index in [0.29, 0.717) is 12.6 Å². The number of rotatable bonds is 5. The number of hydrogen-bond acceptors (Lipinski definition) is 4. The summed E-state index contributed by atoms with van der Waals surface area (Å²) in [5.74, 6) is 1.36. The number of nitrogens with one attached hydrogen (secondary N) is 1. The first kappa shape index (κ1) is 21.6. The van der Waals surface area contributed by atoms with Gasteiger partial charge in [-0.05, 0) is 55.9 Å². The summed E-state index contributed by atoms with van der Waals surface area (Å²) in [6.45, 7) is 16.8. The second kappa shape index (κ2) is 8.31. The Kier molecular flexibility index (Phi) is 6.40. The first-order chi connectivity index (χ1) is 13.1. The van der Waals surface area contributed by atoms with Crippen LogP contribution in [-0.2, 0) is 4.79 Å². The molecule has 2 aliphatic heterocycles. The molecule has 3 fully saturated rings. The van der Waals surface area contributed by atoms with Gasteiger partial charge in [-0.1, -0.05) is 34.6 Å². The second-order valence-corrected chi connectivity index (χ2v) is 10.7. The molecular formula is C22H40N4O2. The highest BCUT2D eigenvalue weighted by atomic mass is 16.2. The number of piperazine rings is 1. The molecule has 0 aromatic rings. The molecule has 3 amide bonds. The van der Waals surface area contributed by atoms with Crippen molar-refractivity contribution >= 4 is 11.9 Å². The summed E-state index contributed by atoms with van der Waals surface area (Å²) in [6, 6.07) is -0.193. The Morgan fingerprint density at radius 1 is 1.04 bits per heavy atom. The Morgan fingerprint density at radius 2 is 1.61 bits per heavy atom. The summed E-state index contributed by atoms with van der Waals surface area (Å²) in [6.07, 6.45) is 4.80. The van der Waals surface area contributed by atoms with E-state index in [-0.39, 0.29) is 17.4 Å². The van der Waals surface area contributed by atoms with Gasteiger partial charge in [-0.3, -0.25) is 9.69 Å². The predicted octanol–water partition coefficient (Wildman–Crippen LogP) is 3.13. The number of carbonyl (C=O) groups is 2. The van der Waals surface area contributed by atoms with Crippen molar-refractivity contribution in [2.75, 3.05) is 39.4 Å². The van der Waals surface area contributed by atoms with Gasteiger partial charge in [0.2, 0.25) is 0 Å². The van der Waals surface area contributed by atoms with Crippen LogP contribution < -0.4 is 5.32 Å². The van der Waals surface area contributed by atoms with Gasteiger partial charge in [0.25, 0.3) is 5.91 Å². The maximum atomic E-state index is 13.2. The minimum Gasteiger partial charge on any atom is -0.323 e. The van der Waals surface area contributed by atoms with Gasteiger partial charge in [-0.25, -0.2) is 9.69 Å². The Hall–Kier alpha value is -1.14. The molecule has 0 bridgehead atoms. The van der Waals surface area contributed by atoms with Gasteiger partial charge in [-0.2, -0.15) is 0 Å². The van der Waals surface area contributed by atoms with Crippen molar-refractivity contribution in [3.05, 3.63) is 0 Å². The van der Waals surface area contributed by atoms with Crippen LogP contribution in [0.5, 0.6) is 0 Å². The van der Waals surface area contributed by atoms with Crippen LogP contribution >= 0.6 is 0 Å². The Morgan fingerprint density at radius 3 is 2.14 bits per heavy atom. The fourth-order valence-electron chi connectivity index (χ4n) is 4.92. The zero-order chi connectivity index (χ0) is 20.5. The van der Waals surface area contributed by atoms with Crippen molar-refractivity contribution in [3.8, 4) is 0 Å². The molecule has 160 valence electrons. The average Bonchev–Trinajstić information content (AvgIpc) is 2.85.